The van der Waals surface area contributed by atoms with Crippen LogP contribution in [0.5, 0.6) is 0 Å². The third-order valence-corrected chi connectivity index (χ3v) is 3.38. The van der Waals surface area contributed by atoms with Crippen LogP contribution in [0.25, 0.3) is 0 Å². The van der Waals surface area contributed by atoms with Gasteiger partial charge in [0.1, 0.15) is 0 Å². The number of aliphatic hydroxyl groups is 3. The van der Waals surface area contributed by atoms with Gasteiger partial charge in [-0.1, -0.05) is 18.2 Å². The van der Waals surface area contributed by atoms with Crippen molar-refractivity contribution in [2.75, 3.05) is 79.1 Å². The van der Waals surface area contributed by atoms with Crippen molar-refractivity contribution in [3.05, 3.63) is 35.9 Å². The van der Waals surface area contributed by atoms with Crippen molar-refractivity contribution < 1.29 is 39.4 Å². The molecule has 0 spiro atoms. The zero-order chi connectivity index (χ0) is 20.9. The van der Waals surface area contributed by atoms with Gasteiger partial charge in [0.15, 0.2) is 0 Å². The molecule has 162 valence electrons. The SMILES string of the molecule is O=C(O)c1ccccc1.OCCOCCN(CCOCCO)CCOCCO. The molecule has 0 saturated heterocycles. The van der Waals surface area contributed by atoms with E-state index in [4.69, 9.17) is 34.6 Å². The molecule has 0 radical (unpaired) electrons. The topological polar surface area (TPSA) is 129 Å². The monoisotopic (exact) mass is 403 g/mol. The number of hydrogen-bond acceptors (Lipinski definition) is 8. The Bertz CT molecular complexity index is 432. The van der Waals surface area contributed by atoms with E-state index in [1.54, 1.807) is 30.3 Å². The molecule has 1 aromatic carbocycles. The fourth-order valence-electron chi connectivity index (χ4n) is 2.00. The van der Waals surface area contributed by atoms with Gasteiger partial charge >= 0.3 is 5.97 Å². The molecule has 28 heavy (non-hydrogen) atoms. The number of nitrogens with zero attached hydrogens (tertiary/aromatic N) is 1. The molecule has 0 aliphatic carbocycles. The summed E-state index contributed by atoms with van der Waals surface area (Å²) in [5, 5.41) is 34.2. The molecule has 9 nitrogen and oxygen atoms in total. The van der Waals surface area contributed by atoms with Crippen LogP contribution < -0.4 is 0 Å². The van der Waals surface area contributed by atoms with E-state index in [1.165, 1.54) is 0 Å². The smallest absolute Gasteiger partial charge is 0.335 e. The fourth-order valence-corrected chi connectivity index (χ4v) is 2.00. The number of carboxylic acid groups (broad SMARTS) is 1. The number of aromatic carboxylic acids is 1. The van der Waals surface area contributed by atoms with Crippen LogP contribution in [0.4, 0.5) is 0 Å². The van der Waals surface area contributed by atoms with Gasteiger partial charge < -0.3 is 34.6 Å². The highest BCUT2D eigenvalue weighted by atomic mass is 16.5. The van der Waals surface area contributed by atoms with Gasteiger partial charge in [-0.15, -0.1) is 0 Å². The molecule has 0 aliphatic rings. The lowest BCUT2D eigenvalue weighted by Gasteiger charge is -2.22. The number of benzene rings is 1. The van der Waals surface area contributed by atoms with E-state index in [2.05, 4.69) is 4.90 Å². The first-order valence-corrected chi connectivity index (χ1v) is 9.22. The van der Waals surface area contributed by atoms with Gasteiger partial charge in [0.25, 0.3) is 0 Å². The highest BCUT2D eigenvalue weighted by Gasteiger charge is 2.05. The first-order valence-electron chi connectivity index (χ1n) is 9.22. The lowest BCUT2D eigenvalue weighted by atomic mass is 10.2. The Kier molecular flexibility index (Phi) is 19.0. The van der Waals surface area contributed by atoms with Crippen molar-refractivity contribution in [2.45, 2.75) is 0 Å². The van der Waals surface area contributed by atoms with Crippen molar-refractivity contribution in [3.63, 3.8) is 0 Å². The maximum atomic E-state index is 10.2. The van der Waals surface area contributed by atoms with Crippen LogP contribution in [-0.2, 0) is 14.2 Å². The molecule has 1 rings (SSSR count). The maximum Gasteiger partial charge on any atom is 0.335 e. The molecule has 4 N–H and O–H groups in total. The molecule has 0 aromatic heterocycles. The second kappa shape index (κ2) is 20.2. The van der Waals surface area contributed by atoms with Gasteiger partial charge in [0, 0.05) is 19.6 Å². The summed E-state index contributed by atoms with van der Waals surface area (Å²) >= 11 is 0. The molecule has 0 aliphatic heterocycles. The minimum absolute atomic E-state index is 0.0270. The van der Waals surface area contributed by atoms with E-state index in [0.29, 0.717) is 45.2 Å². The maximum absolute atomic E-state index is 10.2. The zero-order valence-corrected chi connectivity index (χ0v) is 16.2. The Morgan fingerprint density at radius 2 is 1.11 bits per heavy atom. The highest BCUT2D eigenvalue weighted by molar-refractivity contribution is 5.87. The molecule has 0 atom stereocenters. The van der Waals surface area contributed by atoms with E-state index in [-0.39, 0.29) is 19.8 Å². The van der Waals surface area contributed by atoms with Crippen LogP contribution >= 0.6 is 0 Å². The van der Waals surface area contributed by atoms with Crippen LogP contribution in [0.15, 0.2) is 30.3 Å². The van der Waals surface area contributed by atoms with Crippen LogP contribution in [0, 0.1) is 0 Å². The summed E-state index contributed by atoms with van der Waals surface area (Å²) < 4.78 is 15.6. The van der Waals surface area contributed by atoms with Crippen molar-refractivity contribution in [1.29, 1.82) is 0 Å². The van der Waals surface area contributed by atoms with Gasteiger partial charge in [0.2, 0.25) is 0 Å². The average Bonchev–Trinajstić information content (AvgIpc) is 2.72. The molecular formula is C19H33NO8. The fraction of sp³-hybridized carbons (Fsp3) is 0.632. The third-order valence-electron chi connectivity index (χ3n) is 3.38. The van der Waals surface area contributed by atoms with Gasteiger partial charge in [0.05, 0.1) is 65.0 Å². The minimum atomic E-state index is -0.879. The summed E-state index contributed by atoms with van der Waals surface area (Å²) in [5.74, 6) is -0.879. The van der Waals surface area contributed by atoms with E-state index < -0.39 is 5.97 Å². The van der Waals surface area contributed by atoms with Crippen molar-refractivity contribution >= 4 is 5.97 Å². The van der Waals surface area contributed by atoms with Gasteiger partial charge in [-0.25, -0.2) is 4.79 Å². The number of ether oxygens (including phenoxy) is 3. The van der Waals surface area contributed by atoms with Crippen molar-refractivity contribution in [3.8, 4) is 0 Å². The average molecular weight is 403 g/mol. The van der Waals surface area contributed by atoms with E-state index in [9.17, 15) is 4.79 Å². The lowest BCUT2D eigenvalue weighted by molar-refractivity contribution is 0.0325. The molecular weight excluding hydrogens is 370 g/mol. The number of aliphatic hydroxyl groups excluding tert-OH is 3. The first kappa shape index (κ1) is 26.4. The molecule has 0 heterocycles. The molecule has 0 amide bonds. The normalized spacial score (nSPS) is 10.6. The minimum Gasteiger partial charge on any atom is -0.478 e. The summed E-state index contributed by atoms with van der Waals surface area (Å²) in [6.45, 7) is 4.92. The van der Waals surface area contributed by atoms with Crippen LogP contribution in [0.3, 0.4) is 0 Å². The quantitative estimate of drug-likeness (QED) is 0.275. The van der Waals surface area contributed by atoms with Gasteiger partial charge in [-0.2, -0.15) is 0 Å². The Morgan fingerprint density at radius 1 is 0.714 bits per heavy atom. The molecule has 9 heteroatoms. The molecule has 0 bridgehead atoms. The Morgan fingerprint density at radius 3 is 1.39 bits per heavy atom. The molecule has 0 saturated carbocycles. The summed E-state index contributed by atoms with van der Waals surface area (Å²) in [6, 6.07) is 8.30. The second-order valence-electron chi connectivity index (χ2n) is 5.52. The number of rotatable bonds is 16. The number of carboxylic acids is 1. The van der Waals surface area contributed by atoms with E-state index >= 15 is 0 Å². The Hall–Kier alpha value is -1.59. The van der Waals surface area contributed by atoms with Crippen molar-refractivity contribution in [1.82, 2.24) is 4.90 Å². The summed E-state index contributed by atoms with van der Waals surface area (Å²) in [7, 11) is 0. The van der Waals surface area contributed by atoms with E-state index in [0.717, 1.165) is 19.6 Å². The number of hydrogen-bond donors (Lipinski definition) is 4. The first-order chi connectivity index (χ1) is 13.7. The Balaban J connectivity index is 0.000000668. The van der Waals surface area contributed by atoms with Crippen LogP contribution in [-0.4, -0.2) is 110 Å². The Labute approximate surface area is 166 Å². The summed E-state index contributed by atoms with van der Waals surface area (Å²) in [6.07, 6.45) is 0. The summed E-state index contributed by atoms with van der Waals surface area (Å²) in [5.41, 5.74) is 0.331. The standard InChI is InChI=1S/C12H27NO6.C7H6O2/c14-4-10-17-7-1-13(2-8-18-11-5-15)3-9-19-12-6-16;8-7(9)6-4-2-1-3-5-6/h14-16H,1-12H2;1-5H,(H,8,9). The molecule has 0 unspecified atom stereocenters. The van der Waals surface area contributed by atoms with Crippen LogP contribution in [0.2, 0.25) is 0 Å². The highest BCUT2D eigenvalue weighted by Crippen LogP contribution is 1.96. The zero-order valence-electron chi connectivity index (χ0n) is 16.2. The van der Waals surface area contributed by atoms with Gasteiger partial charge in [-0.05, 0) is 12.1 Å². The van der Waals surface area contributed by atoms with E-state index in [1.807, 2.05) is 0 Å². The summed E-state index contributed by atoms with van der Waals surface area (Å²) in [4.78, 5) is 12.3. The van der Waals surface area contributed by atoms with Gasteiger partial charge in [-0.3, -0.25) is 4.90 Å². The number of carbonyl (C=O) groups is 1. The molecule has 1 aromatic rings. The van der Waals surface area contributed by atoms with Crippen LogP contribution in [0.1, 0.15) is 10.4 Å². The second-order valence-corrected chi connectivity index (χ2v) is 5.52. The lowest BCUT2D eigenvalue weighted by Crippen LogP contribution is -2.34. The largest absolute Gasteiger partial charge is 0.478 e. The van der Waals surface area contributed by atoms with Crippen molar-refractivity contribution in [2.24, 2.45) is 0 Å². The molecule has 0 fully saturated rings. The predicted molar refractivity (Wildman–Crippen MR) is 104 cm³/mol. The third kappa shape index (κ3) is 16.6. The predicted octanol–water partition coefficient (Wildman–Crippen LogP) is -0.300.